The highest BCUT2D eigenvalue weighted by molar-refractivity contribution is 6.42. The fourth-order valence-electron chi connectivity index (χ4n) is 2.64. The Morgan fingerprint density at radius 3 is 2.40 bits per heavy atom. The molecule has 0 saturated carbocycles. The summed E-state index contributed by atoms with van der Waals surface area (Å²) in [5.41, 5.74) is 1.27. The molecule has 1 aliphatic heterocycles. The molecule has 2 atom stereocenters. The normalized spacial score (nSPS) is 20.0. The number of methoxy groups -OCH3 is 1. The lowest BCUT2D eigenvalue weighted by Crippen LogP contribution is -2.37. The first-order valence-electron chi connectivity index (χ1n) is 7.63. The minimum atomic E-state index is -1.26. The van der Waals surface area contributed by atoms with Crippen LogP contribution in [0.25, 0.3) is 0 Å². The molecule has 0 radical (unpaired) electrons. The molecule has 138 valence electrons. The third kappa shape index (κ3) is 7.88. The number of piperidine rings is 1. The smallest absolute Gasteiger partial charge is 0.328 e. The Kier molecular flexibility index (Phi) is 9.52. The highest BCUT2D eigenvalue weighted by Crippen LogP contribution is 2.34. The summed E-state index contributed by atoms with van der Waals surface area (Å²) in [4.78, 5) is 19.1. The van der Waals surface area contributed by atoms with Crippen LogP contribution in [0.4, 0.5) is 0 Å². The number of carboxylic acids is 2. The van der Waals surface area contributed by atoms with Gasteiger partial charge in [0, 0.05) is 31.7 Å². The van der Waals surface area contributed by atoms with Crippen LogP contribution >= 0.6 is 23.2 Å². The highest BCUT2D eigenvalue weighted by Gasteiger charge is 2.26. The van der Waals surface area contributed by atoms with Gasteiger partial charge in [-0.1, -0.05) is 29.3 Å². The molecule has 1 aromatic rings. The van der Waals surface area contributed by atoms with Crippen molar-refractivity contribution in [3.63, 3.8) is 0 Å². The molecule has 0 spiro atoms. The Morgan fingerprint density at radius 1 is 1.24 bits per heavy atom. The summed E-state index contributed by atoms with van der Waals surface area (Å²) in [5, 5.41) is 20.3. The molecule has 0 amide bonds. The van der Waals surface area contributed by atoms with Gasteiger partial charge in [0.15, 0.2) is 0 Å². The van der Waals surface area contributed by atoms with E-state index in [0.717, 1.165) is 26.1 Å². The maximum Gasteiger partial charge on any atom is 0.328 e. The molecule has 0 unspecified atom stereocenters. The van der Waals surface area contributed by atoms with E-state index < -0.39 is 11.9 Å². The van der Waals surface area contributed by atoms with Gasteiger partial charge in [-0.05, 0) is 36.6 Å². The van der Waals surface area contributed by atoms with E-state index >= 15 is 0 Å². The number of nitrogens with one attached hydrogen (secondary N) is 1. The molecule has 8 heteroatoms. The van der Waals surface area contributed by atoms with Crippen LogP contribution in [0.1, 0.15) is 17.9 Å². The molecule has 3 N–H and O–H groups in total. The highest BCUT2D eigenvalue weighted by atomic mass is 35.5. The van der Waals surface area contributed by atoms with Crippen LogP contribution in [0, 0.1) is 5.92 Å². The maximum atomic E-state index is 9.55. The molecule has 0 bridgehead atoms. The van der Waals surface area contributed by atoms with Crippen molar-refractivity contribution in [2.24, 2.45) is 5.92 Å². The van der Waals surface area contributed by atoms with E-state index in [-0.39, 0.29) is 0 Å². The molecular weight excluding hydrogens is 369 g/mol. The van der Waals surface area contributed by atoms with Crippen molar-refractivity contribution in [3.8, 4) is 0 Å². The number of benzene rings is 1. The number of rotatable bonds is 5. The van der Waals surface area contributed by atoms with Crippen molar-refractivity contribution in [2.45, 2.75) is 12.3 Å². The zero-order valence-corrected chi connectivity index (χ0v) is 15.3. The number of ether oxygens (including phenoxy) is 1. The first kappa shape index (κ1) is 21.4. The molecule has 0 aliphatic carbocycles. The van der Waals surface area contributed by atoms with Gasteiger partial charge in [-0.15, -0.1) is 0 Å². The van der Waals surface area contributed by atoms with Crippen molar-refractivity contribution < 1.29 is 24.5 Å². The van der Waals surface area contributed by atoms with Crippen molar-refractivity contribution in [3.05, 3.63) is 46.0 Å². The summed E-state index contributed by atoms with van der Waals surface area (Å²) in [6, 6.07) is 5.94. The summed E-state index contributed by atoms with van der Waals surface area (Å²) in [6.45, 7) is 2.82. The van der Waals surface area contributed by atoms with Crippen LogP contribution < -0.4 is 5.32 Å². The Balaban J connectivity index is 0.000000333. The van der Waals surface area contributed by atoms with E-state index in [0.29, 0.717) is 34.0 Å². The average molecular weight is 390 g/mol. The first-order chi connectivity index (χ1) is 11.8. The van der Waals surface area contributed by atoms with E-state index in [2.05, 4.69) is 11.4 Å². The molecule has 1 heterocycles. The predicted molar refractivity (Wildman–Crippen MR) is 96.5 cm³/mol. The second-order valence-electron chi connectivity index (χ2n) is 5.50. The van der Waals surface area contributed by atoms with Crippen LogP contribution in [0.5, 0.6) is 0 Å². The van der Waals surface area contributed by atoms with Gasteiger partial charge in [-0.3, -0.25) is 0 Å². The van der Waals surface area contributed by atoms with Gasteiger partial charge in [0.1, 0.15) is 0 Å². The van der Waals surface area contributed by atoms with Crippen molar-refractivity contribution in [1.29, 1.82) is 0 Å². The van der Waals surface area contributed by atoms with Crippen LogP contribution in [0.3, 0.4) is 0 Å². The summed E-state index contributed by atoms with van der Waals surface area (Å²) in [5.74, 6) is -1.50. The number of carbonyl (C=O) groups is 2. The van der Waals surface area contributed by atoms with Crippen LogP contribution in [-0.4, -0.2) is 49.0 Å². The van der Waals surface area contributed by atoms with Crippen LogP contribution in [0.2, 0.25) is 10.0 Å². The first-order valence-corrected chi connectivity index (χ1v) is 8.39. The minimum Gasteiger partial charge on any atom is -0.478 e. The number of carboxylic acid groups (broad SMARTS) is 2. The average Bonchev–Trinajstić information content (AvgIpc) is 2.57. The van der Waals surface area contributed by atoms with Gasteiger partial charge in [-0.25, -0.2) is 9.59 Å². The Morgan fingerprint density at radius 2 is 1.88 bits per heavy atom. The van der Waals surface area contributed by atoms with E-state index in [1.807, 2.05) is 12.1 Å². The van der Waals surface area contributed by atoms with E-state index in [1.54, 1.807) is 7.11 Å². The molecule has 1 saturated heterocycles. The van der Waals surface area contributed by atoms with E-state index in [4.69, 9.17) is 38.2 Å². The maximum absolute atomic E-state index is 9.55. The summed E-state index contributed by atoms with van der Waals surface area (Å²) in [6.07, 6.45) is 2.23. The third-order valence-electron chi connectivity index (χ3n) is 3.73. The zero-order valence-electron chi connectivity index (χ0n) is 13.7. The second-order valence-corrected chi connectivity index (χ2v) is 6.31. The minimum absolute atomic E-state index is 0.506. The SMILES string of the molecule is COC[C@@H]1CNCC[C@@H]1c1ccc(Cl)c(Cl)c1.O=C(O)/C=C/C(=O)O. The van der Waals surface area contributed by atoms with Gasteiger partial charge in [-0.2, -0.15) is 0 Å². The molecular formula is C17H21Cl2NO5. The molecule has 1 fully saturated rings. The van der Waals surface area contributed by atoms with Crippen molar-refractivity contribution in [2.75, 3.05) is 26.8 Å². The Bertz CT molecular complexity index is 603. The van der Waals surface area contributed by atoms with Gasteiger partial charge in [0.05, 0.1) is 16.7 Å². The molecule has 2 rings (SSSR count). The number of halogens is 2. The summed E-state index contributed by atoms with van der Waals surface area (Å²) in [7, 11) is 1.75. The largest absolute Gasteiger partial charge is 0.478 e. The van der Waals surface area contributed by atoms with Gasteiger partial charge in [0.2, 0.25) is 0 Å². The lowest BCUT2D eigenvalue weighted by Gasteiger charge is -2.32. The fraction of sp³-hybridized carbons (Fsp3) is 0.412. The van der Waals surface area contributed by atoms with Gasteiger partial charge < -0.3 is 20.3 Å². The topological polar surface area (TPSA) is 95.9 Å². The predicted octanol–water partition coefficient (Wildman–Crippen LogP) is 3.04. The fourth-order valence-corrected chi connectivity index (χ4v) is 2.94. The number of hydrogen-bond acceptors (Lipinski definition) is 4. The van der Waals surface area contributed by atoms with Crippen LogP contribution in [-0.2, 0) is 14.3 Å². The monoisotopic (exact) mass is 389 g/mol. The Labute approximate surface area is 156 Å². The summed E-state index contributed by atoms with van der Waals surface area (Å²) >= 11 is 12.0. The second kappa shape index (κ2) is 11.1. The molecule has 1 aromatic carbocycles. The van der Waals surface area contributed by atoms with Gasteiger partial charge in [0.25, 0.3) is 0 Å². The number of aliphatic carboxylic acids is 2. The summed E-state index contributed by atoms with van der Waals surface area (Å²) < 4.78 is 5.29. The standard InChI is InChI=1S/C13H17Cl2NO.C4H4O4/c1-17-8-10-7-16-5-4-11(10)9-2-3-12(14)13(15)6-9;5-3(6)1-2-4(7)8/h2-3,6,10-11,16H,4-5,7-8H2,1H3;1-2H,(H,5,6)(H,7,8)/b;2-1+/t10-,11+;/m0./s1. The lowest BCUT2D eigenvalue weighted by molar-refractivity contribution is -0.134. The van der Waals surface area contributed by atoms with Crippen LogP contribution in [0.15, 0.2) is 30.4 Å². The van der Waals surface area contributed by atoms with E-state index in [1.165, 1.54) is 5.56 Å². The third-order valence-corrected chi connectivity index (χ3v) is 4.47. The molecule has 0 aromatic heterocycles. The Hall–Kier alpha value is -1.60. The lowest BCUT2D eigenvalue weighted by atomic mass is 9.81. The molecule has 25 heavy (non-hydrogen) atoms. The van der Waals surface area contributed by atoms with E-state index in [9.17, 15) is 9.59 Å². The molecule has 6 nitrogen and oxygen atoms in total. The van der Waals surface area contributed by atoms with Crippen molar-refractivity contribution >= 4 is 35.1 Å². The number of hydrogen-bond donors (Lipinski definition) is 3. The van der Waals surface area contributed by atoms with Gasteiger partial charge >= 0.3 is 11.9 Å². The molecule has 1 aliphatic rings. The van der Waals surface area contributed by atoms with Crippen molar-refractivity contribution in [1.82, 2.24) is 5.32 Å². The quantitative estimate of drug-likeness (QED) is 0.669. The zero-order chi connectivity index (χ0) is 18.8.